The van der Waals surface area contributed by atoms with E-state index in [-0.39, 0.29) is 50.7 Å². The van der Waals surface area contributed by atoms with Crippen LogP contribution in [-0.2, 0) is 58.2 Å². The first-order valence-electron chi connectivity index (χ1n) is 18.5. The van der Waals surface area contributed by atoms with Gasteiger partial charge in [-0.2, -0.15) is 0 Å². The Morgan fingerprint density at radius 3 is 1.75 bits per heavy atom. The lowest BCUT2D eigenvalue weighted by molar-refractivity contribution is -0.142. The zero-order valence-corrected chi connectivity index (χ0v) is 34.0. The predicted molar refractivity (Wildman–Crippen MR) is 215 cm³/mol. The van der Waals surface area contributed by atoms with Crippen LogP contribution in [0.15, 0.2) is 59.6 Å². The van der Waals surface area contributed by atoms with Gasteiger partial charge in [0.2, 0.25) is 39.6 Å². The normalized spacial score (nSPS) is 14.0. The first-order valence-corrected chi connectivity index (χ1v) is 20.4. The molecule has 5 atom stereocenters. The van der Waals surface area contributed by atoms with Gasteiger partial charge < -0.3 is 43.2 Å². The number of guanidine groups is 1. The van der Waals surface area contributed by atoms with E-state index >= 15 is 0 Å². The van der Waals surface area contributed by atoms with Crippen LogP contribution in [0.1, 0.15) is 64.2 Å². The minimum atomic E-state index is -3.48. The number of carboxylic acids is 1. The fourth-order valence-electron chi connectivity index (χ4n) is 5.69. The lowest BCUT2D eigenvalue weighted by atomic mass is 9.98. The molecule has 0 aliphatic rings. The third-order valence-electron chi connectivity index (χ3n) is 8.63. The molecule has 0 spiro atoms. The van der Waals surface area contributed by atoms with Gasteiger partial charge in [0.05, 0.1) is 6.26 Å². The first kappa shape index (κ1) is 47.6. The molecule has 0 aromatic heterocycles. The molecule has 2 aromatic rings. The minimum absolute atomic E-state index is 0.00951. The van der Waals surface area contributed by atoms with Gasteiger partial charge in [-0.3, -0.25) is 29.0 Å². The van der Waals surface area contributed by atoms with Gasteiger partial charge in [0.15, 0.2) is 5.96 Å². The molecule has 0 unspecified atom stereocenters. The zero-order chi connectivity index (χ0) is 42.9. The molecule has 18 nitrogen and oxygen atoms in total. The summed E-state index contributed by atoms with van der Waals surface area (Å²) in [6.45, 7) is 8.23. The van der Waals surface area contributed by atoms with Gasteiger partial charge in [-0.05, 0) is 41.4 Å². The van der Waals surface area contributed by atoms with Gasteiger partial charge >= 0.3 is 5.97 Å². The lowest BCUT2D eigenvalue weighted by Crippen LogP contribution is -2.60. The molecule has 5 amide bonds. The second-order valence-corrected chi connectivity index (χ2v) is 16.3. The number of carboxylic acid groups (broad SMARTS) is 1. The molecule has 0 heterocycles. The molecule has 0 aliphatic heterocycles. The van der Waals surface area contributed by atoms with Gasteiger partial charge in [0, 0.05) is 32.9 Å². The van der Waals surface area contributed by atoms with E-state index in [4.69, 9.17) is 11.5 Å². The Hall–Kier alpha value is -5.56. The molecule has 0 fully saturated rings. The number of rotatable bonds is 23. The van der Waals surface area contributed by atoms with Gasteiger partial charge in [-0.15, -0.1) is 0 Å². The second-order valence-electron chi connectivity index (χ2n) is 14.4. The lowest BCUT2D eigenvalue weighted by Gasteiger charge is -2.29. The number of nitrogens with zero attached hydrogens (tertiary/aromatic N) is 1. The van der Waals surface area contributed by atoms with E-state index in [1.165, 1.54) is 6.92 Å². The summed E-state index contributed by atoms with van der Waals surface area (Å²) in [6.07, 6.45) is 1.04. The molecular weight excluding hydrogens is 759 g/mol. The van der Waals surface area contributed by atoms with Crippen molar-refractivity contribution in [2.45, 2.75) is 97.1 Å². The Labute approximate surface area is 333 Å². The molecule has 0 radical (unpaired) electrons. The summed E-state index contributed by atoms with van der Waals surface area (Å²) in [4.78, 5) is 83.0. The Balaban J connectivity index is 2.39. The summed E-state index contributed by atoms with van der Waals surface area (Å²) >= 11 is 0. The fraction of sp³-hybridized carbons (Fsp3) is 0.500. The summed E-state index contributed by atoms with van der Waals surface area (Å²) in [5.41, 5.74) is 12.7. The Morgan fingerprint density at radius 1 is 0.684 bits per heavy atom. The molecule has 314 valence electrons. The van der Waals surface area contributed by atoms with Gasteiger partial charge in [0.1, 0.15) is 30.2 Å². The highest BCUT2D eigenvalue weighted by atomic mass is 32.2. The van der Waals surface area contributed by atoms with Crippen molar-refractivity contribution >= 4 is 51.5 Å². The quantitative estimate of drug-likeness (QED) is 0.0388. The Bertz CT molecular complexity index is 1840. The van der Waals surface area contributed by atoms with Crippen molar-refractivity contribution < 1.29 is 42.3 Å². The highest BCUT2D eigenvalue weighted by molar-refractivity contribution is 7.88. The monoisotopic (exact) mass is 815 g/mol. The third kappa shape index (κ3) is 17.8. The maximum absolute atomic E-state index is 14.0. The van der Waals surface area contributed by atoms with Crippen LogP contribution in [-0.4, -0.2) is 98.0 Å². The minimum Gasteiger partial charge on any atom is -0.480 e. The van der Waals surface area contributed by atoms with Gasteiger partial charge in [-0.1, -0.05) is 82.3 Å². The smallest absolute Gasteiger partial charge is 0.326 e. The maximum Gasteiger partial charge on any atom is 0.326 e. The van der Waals surface area contributed by atoms with E-state index < -0.39 is 81.7 Å². The van der Waals surface area contributed by atoms with Crippen LogP contribution in [0.25, 0.3) is 0 Å². The first-order chi connectivity index (χ1) is 26.7. The number of hydrogen-bond acceptors (Lipinski definition) is 9. The van der Waals surface area contributed by atoms with Crippen LogP contribution in [0.2, 0.25) is 0 Å². The number of carbonyl (C=O) groups is 6. The van der Waals surface area contributed by atoms with Crippen molar-refractivity contribution in [3.63, 3.8) is 0 Å². The molecule has 2 aromatic carbocycles. The molecule has 57 heavy (non-hydrogen) atoms. The number of aliphatic carboxylic acids is 1. The summed E-state index contributed by atoms with van der Waals surface area (Å²) < 4.78 is 25.5. The van der Waals surface area contributed by atoms with Crippen LogP contribution in [0.3, 0.4) is 0 Å². The number of nitrogens with one attached hydrogen (secondary N) is 6. The summed E-state index contributed by atoms with van der Waals surface area (Å²) in [7, 11) is -3.48. The number of amides is 5. The second kappa shape index (κ2) is 22.9. The number of sulfonamides is 1. The van der Waals surface area contributed by atoms with E-state index in [1.807, 2.05) is 0 Å². The van der Waals surface area contributed by atoms with Crippen molar-refractivity contribution in [2.75, 3.05) is 12.8 Å². The molecule has 19 heteroatoms. The average molecular weight is 816 g/mol. The van der Waals surface area contributed by atoms with E-state index in [0.29, 0.717) is 16.7 Å². The Kier molecular flexibility index (Phi) is 19.1. The summed E-state index contributed by atoms with van der Waals surface area (Å²) in [5.74, 6) is -5.58. The highest BCUT2D eigenvalue weighted by Gasteiger charge is 2.34. The summed E-state index contributed by atoms with van der Waals surface area (Å²) in [6, 6.07) is 9.20. The predicted octanol–water partition coefficient (Wildman–Crippen LogP) is -0.585. The molecule has 11 N–H and O–H groups in total. The largest absolute Gasteiger partial charge is 0.480 e. The SMILES string of the molecule is CC(=O)N[C@H](C(=O)N[C@H](C(=O)N[C@@H](CCCN=C(N)N)C(=O)N[C@@H](Cc1ccccc1)C(=O)N[C@@H](Cc1cccc(CNS(C)(=O)=O)c1)C(=O)O)C(C)C)C(C)C. The molecule has 0 bridgehead atoms. The van der Waals surface area contributed by atoms with Crippen LogP contribution in [0.5, 0.6) is 0 Å². The summed E-state index contributed by atoms with van der Waals surface area (Å²) in [5, 5.41) is 23.3. The van der Waals surface area contributed by atoms with Crippen LogP contribution >= 0.6 is 0 Å². The van der Waals surface area contributed by atoms with Crippen molar-refractivity contribution in [1.82, 2.24) is 31.3 Å². The van der Waals surface area contributed by atoms with Gasteiger partial charge in [-0.25, -0.2) is 17.9 Å². The number of benzene rings is 2. The van der Waals surface area contributed by atoms with E-state index in [1.54, 1.807) is 82.3 Å². The van der Waals surface area contributed by atoms with Crippen LogP contribution < -0.4 is 42.8 Å². The molecule has 2 rings (SSSR count). The third-order valence-corrected chi connectivity index (χ3v) is 9.30. The molecular formula is C38H57N9O9S. The Morgan fingerprint density at radius 2 is 1.19 bits per heavy atom. The molecule has 0 saturated heterocycles. The topological polar surface area (TPSA) is 293 Å². The standard InChI is InChI=1S/C38H57N9O9S/c1-22(2)31(43-24(5)48)36(52)47-32(23(3)4)35(51)44-28(16-11-17-41-38(39)40)33(49)45-29(19-25-12-8-7-9-13-25)34(50)46-30(37(53)54)20-26-14-10-15-27(18-26)21-42-57(6,55)56/h7-10,12-15,18,22-23,28-32,42H,11,16-17,19-21H2,1-6H3,(H,43,48)(H,44,51)(H,45,49)(H,46,50)(H,47,52)(H,53,54)(H4,39,40,41)/t28-,29-,30-,31-,32-/m0/s1. The van der Waals surface area contributed by atoms with Crippen LogP contribution in [0.4, 0.5) is 0 Å². The number of aliphatic imine (C=N–C) groups is 1. The van der Waals surface area contributed by atoms with Crippen molar-refractivity contribution in [2.24, 2.45) is 28.3 Å². The average Bonchev–Trinajstić information content (AvgIpc) is 3.12. The molecule has 0 aliphatic carbocycles. The number of hydrogen-bond donors (Lipinski definition) is 9. The van der Waals surface area contributed by atoms with Crippen molar-refractivity contribution in [1.29, 1.82) is 0 Å². The van der Waals surface area contributed by atoms with Gasteiger partial charge in [0.25, 0.3) is 0 Å². The van der Waals surface area contributed by atoms with E-state index in [9.17, 15) is 42.3 Å². The van der Waals surface area contributed by atoms with E-state index in [0.717, 1.165) is 6.26 Å². The number of carbonyl (C=O) groups excluding carboxylic acids is 5. The zero-order valence-electron chi connectivity index (χ0n) is 33.2. The van der Waals surface area contributed by atoms with Crippen LogP contribution in [0, 0.1) is 11.8 Å². The maximum atomic E-state index is 14.0. The highest BCUT2D eigenvalue weighted by Crippen LogP contribution is 2.12. The van der Waals surface area contributed by atoms with E-state index in [2.05, 4.69) is 36.3 Å². The molecule has 0 saturated carbocycles. The fourth-order valence-corrected chi connectivity index (χ4v) is 6.12. The number of nitrogens with two attached hydrogens (primary N) is 2. The van der Waals surface area contributed by atoms with Crippen molar-refractivity contribution in [3.8, 4) is 0 Å². The van der Waals surface area contributed by atoms with Crippen molar-refractivity contribution in [3.05, 3.63) is 71.3 Å².